The number of urea groups is 1. The number of aliphatic carboxylic acids is 1. The highest BCUT2D eigenvalue weighted by atomic mass is 16.4. The van der Waals surface area contributed by atoms with E-state index in [0.717, 1.165) is 32.2 Å². The summed E-state index contributed by atoms with van der Waals surface area (Å²) in [6, 6.07) is -0.304. The first-order valence-electron chi connectivity index (χ1n) is 6.73. The summed E-state index contributed by atoms with van der Waals surface area (Å²) >= 11 is 0. The molecular formula is C13H22N2O3. The third kappa shape index (κ3) is 2.44. The zero-order valence-electron chi connectivity index (χ0n) is 11.1. The smallest absolute Gasteiger partial charge is 0.318 e. The van der Waals surface area contributed by atoms with E-state index in [-0.39, 0.29) is 17.6 Å². The van der Waals surface area contributed by atoms with E-state index in [4.69, 9.17) is 5.11 Å². The first kappa shape index (κ1) is 13.2. The first-order chi connectivity index (χ1) is 8.42. The van der Waals surface area contributed by atoms with E-state index in [1.165, 1.54) is 0 Å². The average molecular weight is 254 g/mol. The lowest BCUT2D eigenvalue weighted by Gasteiger charge is -2.33. The van der Waals surface area contributed by atoms with E-state index in [0.29, 0.717) is 6.42 Å². The summed E-state index contributed by atoms with van der Waals surface area (Å²) in [7, 11) is 0. The van der Waals surface area contributed by atoms with Crippen LogP contribution in [0, 0.1) is 5.92 Å². The molecular weight excluding hydrogens is 232 g/mol. The lowest BCUT2D eigenvalue weighted by molar-refractivity contribution is -0.142. The van der Waals surface area contributed by atoms with Gasteiger partial charge in [0, 0.05) is 18.1 Å². The van der Waals surface area contributed by atoms with Crippen LogP contribution in [-0.2, 0) is 4.79 Å². The van der Waals surface area contributed by atoms with Gasteiger partial charge in [-0.2, -0.15) is 0 Å². The van der Waals surface area contributed by atoms with Crippen molar-refractivity contribution in [1.82, 2.24) is 10.2 Å². The van der Waals surface area contributed by atoms with Crippen LogP contribution in [0.2, 0.25) is 0 Å². The zero-order chi connectivity index (χ0) is 13.3. The van der Waals surface area contributed by atoms with Crippen molar-refractivity contribution in [2.45, 2.75) is 57.5 Å². The van der Waals surface area contributed by atoms with E-state index in [1.807, 2.05) is 4.90 Å². The monoisotopic (exact) mass is 254 g/mol. The predicted octanol–water partition coefficient (Wildman–Crippen LogP) is 1.82. The second kappa shape index (κ2) is 4.78. The van der Waals surface area contributed by atoms with Crippen LogP contribution >= 0.6 is 0 Å². The Morgan fingerprint density at radius 1 is 1.28 bits per heavy atom. The Kier molecular flexibility index (Phi) is 3.50. The SMILES string of the molecule is CC1(C)CCCN1C(=O)NC1CCCC1C(=O)O. The quantitative estimate of drug-likeness (QED) is 0.789. The van der Waals surface area contributed by atoms with Crippen LogP contribution < -0.4 is 5.32 Å². The van der Waals surface area contributed by atoms with Crippen LogP contribution in [0.25, 0.3) is 0 Å². The van der Waals surface area contributed by atoms with Crippen molar-refractivity contribution in [3.8, 4) is 0 Å². The third-order valence-electron chi connectivity index (χ3n) is 4.29. The molecule has 0 aromatic rings. The number of nitrogens with zero attached hydrogens (tertiary/aromatic N) is 1. The maximum absolute atomic E-state index is 12.2. The number of carbonyl (C=O) groups excluding carboxylic acids is 1. The number of rotatable bonds is 2. The van der Waals surface area contributed by atoms with E-state index >= 15 is 0 Å². The molecule has 5 nitrogen and oxygen atoms in total. The molecule has 1 heterocycles. The van der Waals surface area contributed by atoms with Crippen molar-refractivity contribution in [2.75, 3.05) is 6.54 Å². The number of amides is 2. The summed E-state index contributed by atoms with van der Waals surface area (Å²) in [4.78, 5) is 25.1. The number of carboxylic acids is 1. The van der Waals surface area contributed by atoms with Gasteiger partial charge >= 0.3 is 12.0 Å². The molecule has 2 rings (SSSR count). The fraction of sp³-hybridized carbons (Fsp3) is 0.846. The lowest BCUT2D eigenvalue weighted by Crippen LogP contribution is -2.52. The van der Waals surface area contributed by atoms with Crippen molar-refractivity contribution in [3.63, 3.8) is 0 Å². The van der Waals surface area contributed by atoms with Gasteiger partial charge in [-0.05, 0) is 39.5 Å². The van der Waals surface area contributed by atoms with Crippen molar-refractivity contribution in [3.05, 3.63) is 0 Å². The van der Waals surface area contributed by atoms with Gasteiger partial charge in [-0.1, -0.05) is 6.42 Å². The molecule has 5 heteroatoms. The normalized spacial score (nSPS) is 30.4. The predicted molar refractivity (Wildman–Crippen MR) is 67.3 cm³/mol. The Balaban J connectivity index is 1.97. The van der Waals surface area contributed by atoms with Crippen molar-refractivity contribution >= 4 is 12.0 Å². The fourth-order valence-electron chi connectivity index (χ4n) is 3.15. The molecule has 2 N–H and O–H groups in total. The molecule has 2 fully saturated rings. The van der Waals surface area contributed by atoms with Crippen molar-refractivity contribution in [1.29, 1.82) is 0 Å². The van der Waals surface area contributed by atoms with Crippen LogP contribution in [0.5, 0.6) is 0 Å². The molecule has 0 aromatic carbocycles. The van der Waals surface area contributed by atoms with E-state index in [1.54, 1.807) is 0 Å². The molecule has 0 spiro atoms. The van der Waals surface area contributed by atoms with Gasteiger partial charge in [0.25, 0.3) is 0 Å². The Bertz CT molecular complexity index is 354. The number of nitrogens with one attached hydrogen (secondary N) is 1. The van der Waals surface area contributed by atoms with Gasteiger partial charge in [-0.15, -0.1) is 0 Å². The minimum absolute atomic E-state index is 0.101. The molecule has 0 radical (unpaired) electrons. The maximum atomic E-state index is 12.2. The summed E-state index contributed by atoms with van der Waals surface area (Å²) < 4.78 is 0. The maximum Gasteiger partial charge on any atom is 0.318 e. The number of hydrogen-bond donors (Lipinski definition) is 2. The summed E-state index contributed by atoms with van der Waals surface area (Å²) in [5, 5.41) is 12.0. The molecule has 1 saturated heterocycles. The first-order valence-corrected chi connectivity index (χ1v) is 6.73. The average Bonchev–Trinajstić information content (AvgIpc) is 2.83. The Hall–Kier alpha value is -1.26. The van der Waals surface area contributed by atoms with Crippen molar-refractivity contribution < 1.29 is 14.7 Å². The van der Waals surface area contributed by atoms with Crippen molar-refractivity contribution in [2.24, 2.45) is 5.92 Å². The van der Waals surface area contributed by atoms with Crippen LogP contribution in [-0.4, -0.2) is 40.1 Å². The van der Waals surface area contributed by atoms with Gasteiger partial charge in [0.15, 0.2) is 0 Å². The number of hydrogen-bond acceptors (Lipinski definition) is 2. The minimum Gasteiger partial charge on any atom is -0.481 e. The zero-order valence-corrected chi connectivity index (χ0v) is 11.1. The summed E-state index contributed by atoms with van der Waals surface area (Å²) in [5.74, 6) is -1.21. The van der Waals surface area contributed by atoms with E-state index < -0.39 is 11.9 Å². The molecule has 0 aromatic heterocycles. The van der Waals surface area contributed by atoms with Crippen LogP contribution in [0.15, 0.2) is 0 Å². The second-order valence-electron chi connectivity index (χ2n) is 6.00. The molecule has 2 unspecified atom stereocenters. The van der Waals surface area contributed by atoms with Gasteiger partial charge < -0.3 is 15.3 Å². The molecule has 18 heavy (non-hydrogen) atoms. The minimum atomic E-state index is -0.793. The van der Waals surface area contributed by atoms with Gasteiger partial charge in [0.05, 0.1) is 5.92 Å². The van der Waals surface area contributed by atoms with Crippen LogP contribution in [0.4, 0.5) is 4.79 Å². The Labute approximate surface area is 108 Å². The standard InChI is InChI=1S/C13H22N2O3/c1-13(2)7-4-8-15(13)12(18)14-10-6-3-5-9(10)11(16)17/h9-10H,3-8H2,1-2H3,(H,14,18)(H,16,17). The lowest BCUT2D eigenvalue weighted by atomic mass is 10.0. The van der Waals surface area contributed by atoms with Crippen LogP contribution in [0.3, 0.4) is 0 Å². The fourth-order valence-corrected chi connectivity index (χ4v) is 3.15. The number of likely N-dealkylation sites (tertiary alicyclic amines) is 1. The summed E-state index contributed by atoms with van der Waals surface area (Å²) in [6.45, 7) is 4.88. The number of carboxylic acid groups (broad SMARTS) is 1. The van der Waals surface area contributed by atoms with Gasteiger partial charge in [0.2, 0.25) is 0 Å². The van der Waals surface area contributed by atoms with Gasteiger partial charge in [-0.25, -0.2) is 4.79 Å². The highest BCUT2D eigenvalue weighted by Gasteiger charge is 2.39. The molecule has 102 valence electrons. The van der Waals surface area contributed by atoms with Gasteiger partial charge in [-0.3, -0.25) is 4.79 Å². The molecule has 0 bridgehead atoms. The highest BCUT2D eigenvalue weighted by Crippen LogP contribution is 2.30. The summed E-state index contributed by atoms with van der Waals surface area (Å²) in [6.07, 6.45) is 4.35. The highest BCUT2D eigenvalue weighted by molar-refractivity contribution is 5.78. The third-order valence-corrected chi connectivity index (χ3v) is 4.29. The topological polar surface area (TPSA) is 69.6 Å². The van der Waals surface area contributed by atoms with Crippen LogP contribution in [0.1, 0.15) is 46.0 Å². The van der Waals surface area contributed by atoms with E-state index in [9.17, 15) is 9.59 Å². The van der Waals surface area contributed by atoms with Gasteiger partial charge in [0.1, 0.15) is 0 Å². The second-order valence-corrected chi connectivity index (χ2v) is 6.00. The molecule has 2 amide bonds. The largest absolute Gasteiger partial charge is 0.481 e. The molecule has 1 saturated carbocycles. The summed E-state index contributed by atoms with van der Waals surface area (Å²) in [5.41, 5.74) is -0.110. The Morgan fingerprint density at radius 2 is 2.00 bits per heavy atom. The molecule has 2 atom stereocenters. The molecule has 2 aliphatic rings. The Morgan fingerprint density at radius 3 is 2.56 bits per heavy atom. The van der Waals surface area contributed by atoms with E-state index in [2.05, 4.69) is 19.2 Å². The molecule has 1 aliphatic carbocycles. The molecule has 1 aliphatic heterocycles. The number of carbonyl (C=O) groups is 2.